The number of amides is 1. The molecule has 0 unspecified atom stereocenters. The van der Waals surface area contributed by atoms with E-state index in [1.165, 1.54) is 19.3 Å². The molecule has 0 bridgehead atoms. The summed E-state index contributed by atoms with van der Waals surface area (Å²) in [5.41, 5.74) is 1.83. The maximum absolute atomic E-state index is 11.8. The minimum Gasteiger partial charge on any atom is -0.356 e. The van der Waals surface area contributed by atoms with E-state index in [9.17, 15) is 4.79 Å². The number of anilines is 1. The summed E-state index contributed by atoms with van der Waals surface area (Å²) < 4.78 is 0. The van der Waals surface area contributed by atoms with Crippen molar-refractivity contribution in [2.24, 2.45) is 0 Å². The van der Waals surface area contributed by atoms with Crippen molar-refractivity contribution in [3.05, 3.63) is 35.0 Å². The maximum Gasteiger partial charge on any atom is 0.264 e. The van der Waals surface area contributed by atoms with Crippen molar-refractivity contribution in [2.75, 3.05) is 18.0 Å². The molecular weight excluding hydrogens is 322 g/mol. The topological polar surface area (TPSA) is 82.0 Å². The SMILES string of the molecule is N=C1NC(=O)/C(=C/c2ccc3ncnc(N4CCCCC4)c3c2)S1. The Bertz CT molecular complexity index is 857. The summed E-state index contributed by atoms with van der Waals surface area (Å²) in [4.78, 5) is 23.5. The molecule has 3 heterocycles. The first-order valence-electron chi connectivity index (χ1n) is 8.00. The van der Waals surface area contributed by atoms with Crippen molar-refractivity contribution in [1.82, 2.24) is 15.3 Å². The fourth-order valence-corrected chi connectivity index (χ4v) is 3.80. The van der Waals surface area contributed by atoms with Gasteiger partial charge in [0.15, 0.2) is 5.17 Å². The summed E-state index contributed by atoms with van der Waals surface area (Å²) >= 11 is 1.15. The smallest absolute Gasteiger partial charge is 0.264 e. The standard InChI is InChI=1S/C17H17N5OS/c18-17-21-16(23)14(24-17)9-11-4-5-13-12(8-11)15(20-10-19-13)22-6-2-1-3-7-22/h4-5,8-10H,1-3,6-7H2,(H2,18,21,23)/b14-9-. The normalized spacial score (nSPS) is 20.0. The molecule has 7 heteroatoms. The Hall–Kier alpha value is -2.41. The van der Waals surface area contributed by atoms with Gasteiger partial charge in [0.25, 0.3) is 5.91 Å². The Balaban J connectivity index is 1.75. The minimum absolute atomic E-state index is 0.171. The molecule has 2 aliphatic heterocycles. The largest absolute Gasteiger partial charge is 0.356 e. The Morgan fingerprint density at radius 1 is 1.21 bits per heavy atom. The first kappa shape index (κ1) is 15.1. The van der Waals surface area contributed by atoms with Crippen LogP contribution in [0.2, 0.25) is 0 Å². The number of nitrogens with one attached hydrogen (secondary N) is 2. The van der Waals surface area contributed by atoms with E-state index >= 15 is 0 Å². The fraction of sp³-hybridized carbons (Fsp3) is 0.294. The summed E-state index contributed by atoms with van der Waals surface area (Å²) in [7, 11) is 0. The molecule has 2 fully saturated rings. The van der Waals surface area contributed by atoms with E-state index in [1.807, 2.05) is 24.3 Å². The van der Waals surface area contributed by atoms with E-state index in [-0.39, 0.29) is 11.1 Å². The van der Waals surface area contributed by atoms with Crippen molar-refractivity contribution < 1.29 is 4.79 Å². The number of nitrogens with zero attached hydrogens (tertiary/aromatic N) is 3. The second-order valence-electron chi connectivity index (χ2n) is 5.92. The Morgan fingerprint density at radius 2 is 2.04 bits per heavy atom. The molecule has 4 rings (SSSR count). The lowest BCUT2D eigenvalue weighted by Crippen LogP contribution is -2.30. The molecule has 1 amide bonds. The van der Waals surface area contributed by atoms with Crippen molar-refractivity contribution in [3.8, 4) is 0 Å². The van der Waals surface area contributed by atoms with Crippen LogP contribution >= 0.6 is 11.8 Å². The van der Waals surface area contributed by atoms with Gasteiger partial charge in [-0.1, -0.05) is 6.07 Å². The van der Waals surface area contributed by atoms with Crippen LogP contribution in [-0.4, -0.2) is 34.1 Å². The van der Waals surface area contributed by atoms with Crippen LogP contribution in [0, 0.1) is 5.41 Å². The number of piperidine rings is 1. The number of hydrogen-bond acceptors (Lipinski definition) is 6. The number of fused-ring (bicyclic) bond motifs is 1. The second-order valence-corrected chi connectivity index (χ2v) is 6.97. The number of benzene rings is 1. The number of carbonyl (C=O) groups is 1. The summed E-state index contributed by atoms with van der Waals surface area (Å²) in [6.45, 7) is 2.04. The highest BCUT2D eigenvalue weighted by molar-refractivity contribution is 8.18. The molecule has 2 aliphatic rings. The third kappa shape index (κ3) is 2.87. The van der Waals surface area contributed by atoms with Crippen molar-refractivity contribution in [1.29, 1.82) is 5.41 Å². The van der Waals surface area contributed by atoms with Gasteiger partial charge in [-0.3, -0.25) is 10.2 Å². The van der Waals surface area contributed by atoms with E-state index in [4.69, 9.17) is 5.41 Å². The molecule has 1 aromatic heterocycles. The first-order chi connectivity index (χ1) is 11.7. The van der Waals surface area contributed by atoms with Gasteiger partial charge in [0.05, 0.1) is 10.4 Å². The molecule has 0 spiro atoms. The first-order valence-corrected chi connectivity index (χ1v) is 8.81. The lowest BCUT2D eigenvalue weighted by molar-refractivity contribution is -0.115. The number of amidine groups is 1. The third-order valence-electron chi connectivity index (χ3n) is 4.25. The molecule has 0 atom stereocenters. The second kappa shape index (κ2) is 6.24. The molecule has 0 aliphatic carbocycles. The maximum atomic E-state index is 11.8. The molecule has 6 nitrogen and oxygen atoms in total. The van der Waals surface area contributed by atoms with Crippen LogP contribution in [-0.2, 0) is 4.79 Å². The zero-order chi connectivity index (χ0) is 16.5. The monoisotopic (exact) mass is 339 g/mol. The van der Waals surface area contributed by atoms with Gasteiger partial charge in [-0.25, -0.2) is 9.97 Å². The zero-order valence-corrected chi connectivity index (χ0v) is 13.9. The number of hydrogen-bond donors (Lipinski definition) is 2. The van der Waals surface area contributed by atoms with Crippen molar-refractivity contribution in [2.45, 2.75) is 19.3 Å². The van der Waals surface area contributed by atoms with Gasteiger partial charge in [-0.2, -0.15) is 0 Å². The molecule has 0 radical (unpaired) electrons. The van der Waals surface area contributed by atoms with Gasteiger partial charge >= 0.3 is 0 Å². The van der Waals surface area contributed by atoms with Gasteiger partial charge < -0.3 is 10.2 Å². The summed E-state index contributed by atoms with van der Waals surface area (Å²) in [5, 5.41) is 11.2. The molecule has 2 aromatic rings. The molecule has 122 valence electrons. The summed E-state index contributed by atoms with van der Waals surface area (Å²) in [5.74, 6) is 0.752. The lowest BCUT2D eigenvalue weighted by Gasteiger charge is -2.28. The lowest BCUT2D eigenvalue weighted by atomic mass is 10.1. The summed E-state index contributed by atoms with van der Waals surface area (Å²) in [6, 6.07) is 5.93. The molecule has 1 aromatic carbocycles. The average Bonchev–Trinajstić information content (AvgIpc) is 2.92. The van der Waals surface area contributed by atoms with Crippen LogP contribution in [0.25, 0.3) is 17.0 Å². The Labute approximate surface area is 143 Å². The van der Waals surface area contributed by atoms with Crippen LogP contribution in [0.1, 0.15) is 24.8 Å². The number of rotatable bonds is 2. The van der Waals surface area contributed by atoms with Crippen LogP contribution in [0.3, 0.4) is 0 Å². The molecular formula is C17H17N5OS. The van der Waals surface area contributed by atoms with Crippen molar-refractivity contribution in [3.63, 3.8) is 0 Å². The van der Waals surface area contributed by atoms with Gasteiger partial charge in [0.2, 0.25) is 0 Å². The van der Waals surface area contributed by atoms with Gasteiger partial charge in [0.1, 0.15) is 12.1 Å². The van der Waals surface area contributed by atoms with E-state index < -0.39 is 0 Å². The Morgan fingerprint density at radius 3 is 2.79 bits per heavy atom. The number of thioether (sulfide) groups is 1. The predicted octanol–water partition coefficient (Wildman–Crippen LogP) is 2.76. The van der Waals surface area contributed by atoms with E-state index in [0.29, 0.717) is 4.91 Å². The van der Waals surface area contributed by atoms with E-state index in [0.717, 1.165) is 47.1 Å². The quantitative estimate of drug-likeness (QED) is 0.822. The highest BCUT2D eigenvalue weighted by Gasteiger charge is 2.22. The molecule has 2 N–H and O–H groups in total. The predicted molar refractivity (Wildman–Crippen MR) is 97.0 cm³/mol. The third-order valence-corrected chi connectivity index (χ3v) is 5.08. The number of carbonyl (C=O) groups excluding carboxylic acids is 1. The molecule has 0 saturated carbocycles. The van der Waals surface area contributed by atoms with Crippen molar-refractivity contribution >= 4 is 45.6 Å². The molecule has 24 heavy (non-hydrogen) atoms. The van der Waals surface area contributed by atoms with Gasteiger partial charge in [0, 0.05) is 18.5 Å². The van der Waals surface area contributed by atoms with E-state index in [2.05, 4.69) is 20.2 Å². The fourth-order valence-electron chi connectivity index (χ4n) is 3.10. The molecule has 2 saturated heterocycles. The summed E-state index contributed by atoms with van der Waals surface area (Å²) in [6.07, 6.45) is 7.08. The van der Waals surface area contributed by atoms with E-state index in [1.54, 1.807) is 6.33 Å². The van der Waals surface area contributed by atoms with Crippen LogP contribution in [0.15, 0.2) is 29.4 Å². The average molecular weight is 339 g/mol. The highest BCUT2D eigenvalue weighted by Crippen LogP contribution is 2.29. The van der Waals surface area contributed by atoms with Crippen LogP contribution in [0.4, 0.5) is 5.82 Å². The van der Waals surface area contributed by atoms with Gasteiger partial charge in [-0.15, -0.1) is 0 Å². The van der Waals surface area contributed by atoms with Gasteiger partial charge in [-0.05, 0) is 54.8 Å². The zero-order valence-electron chi connectivity index (χ0n) is 13.1. The minimum atomic E-state index is -0.217. The Kier molecular flexibility index (Phi) is 3.93. The van der Waals surface area contributed by atoms with Crippen LogP contribution in [0.5, 0.6) is 0 Å². The number of aromatic nitrogens is 2. The van der Waals surface area contributed by atoms with Crippen LogP contribution < -0.4 is 10.2 Å². The highest BCUT2D eigenvalue weighted by atomic mass is 32.2.